The second-order valence-electron chi connectivity index (χ2n) is 6.51. The summed E-state index contributed by atoms with van der Waals surface area (Å²) in [5, 5.41) is 4.49. The third-order valence-corrected chi connectivity index (χ3v) is 6.99. The molecule has 9 heteroatoms. The lowest BCUT2D eigenvalue weighted by atomic mass is 10.0. The number of thiophene rings is 1. The monoisotopic (exact) mass is 426 g/mol. The van der Waals surface area contributed by atoms with Crippen molar-refractivity contribution in [2.24, 2.45) is 5.92 Å². The number of benzene rings is 1. The van der Waals surface area contributed by atoms with Gasteiger partial charge in [0.2, 0.25) is 5.91 Å². The number of amides is 1. The summed E-state index contributed by atoms with van der Waals surface area (Å²) < 4.78 is 38.1. The maximum absolute atomic E-state index is 12.6. The Morgan fingerprint density at radius 3 is 2.43 bits per heavy atom. The van der Waals surface area contributed by atoms with Crippen LogP contribution in [0.3, 0.4) is 0 Å². The lowest BCUT2D eigenvalue weighted by molar-refractivity contribution is -0.123. The Kier molecular flexibility index (Phi) is 7.85. The summed E-state index contributed by atoms with van der Waals surface area (Å²) in [6.07, 6.45) is 0.578. The average Bonchev–Trinajstić information content (AvgIpc) is 3.21. The minimum atomic E-state index is -3.72. The molecule has 2 N–H and O–H groups in total. The third-order valence-electron chi connectivity index (χ3n) is 4.15. The maximum atomic E-state index is 12.6. The molecule has 0 aliphatic heterocycles. The number of ether oxygens (including phenoxy) is 2. The fourth-order valence-corrected chi connectivity index (χ4v) is 4.96. The highest BCUT2D eigenvalue weighted by Gasteiger charge is 2.28. The zero-order chi connectivity index (χ0) is 20.7. The molecule has 1 aromatic heterocycles. The fourth-order valence-electron chi connectivity index (χ4n) is 2.61. The molecule has 2 aromatic rings. The van der Waals surface area contributed by atoms with Crippen LogP contribution in [-0.2, 0) is 21.2 Å². The van der Waals surface area contributed by atoms with Gasteiger partial charge in [0, 0.05) is 6.54 Å². The first-order valence-electron chi connectivity index (χ1n) is 8.83. The van der Waals surface area contributed by atoms with Crippen LogP contribution in [0.1, 0.15) is 19.4 Å². The van der Waals surface area contributed by atoms with Crippen LogP contribution in [0.5, 0.6) is 11.5 Å². The Balaban J connectivity index is 1.98. The Labute approximate surface area is 170 Å². The van der Waals surface area contributed by atoms with Crippen molar-refractivity contribution in [1.82, 2.24) is 10.0 Å². The fraction of sp³-hybridized carbons (Fsp3) is 0.421. The smallest absolute Gasteiger partial charge is 0.250 e. The third kappa shape index (κ3) is 5.70. The summed E-state index contributed by atoms with van der Waals surface area (Å²) in [4.78, 5) is 12.6. The van der Waals surface area contributed by atoms with Gasteiger partial charge in [-0.1, -0.05) is 26.0 Å². The van der Waals surface area contributed by atoms with E-state index in [4.69, 9.17) is 9.47 Å². The highest BCUT2D eigenvalue weighted by Crippen LogP contribution is 2.27. The molecule has 0 bridgehead atoms. The van der Waals surface area contributed by atoms with E-state index in [-0.39, 0.29) is 16.0 Å². The van der Waals surface area contributed by atoms with Crippen molar-refractivity contribution in [3.05, 3.63) is 41.3 Å². The Morgan fingerprint density at radius 1 is 1.14 bits per heavy atom. The number of hydrogen-bond donors (Lipinski definition) is 2. The molecule has 0 fully saturated rings. The predicted octanol–water partition coefficient (Wildman–Crippen LogP) is 2.43. The van der Waals surface area contributed by atoms with Crippen LogP contribution in [-0.4, -0.2) is 41.1 Å². The number of hydrogen-bond acceptors (Lipinski definition) is 6. The average molecular weight is 427 g/mol. The van der Waals surface area contributed by atoms with E-state index in [9.17, 15) is 13.2 Å². The number of methoxy groups -OCH3 is 2. The predicted molar refractivity (Wildman–Crippen MR) is 110 cm³/mol. The van der Waals surface area contributed by atoms with Crippen molar-refractivity contribution in [2.45, 2.75) is 30.5 Å². The zero-order valence-electron chi connectivity index (χ0n) is 16.4. The second-order valence-corrected chi connectivity index (χ2v) is 9.39. The van der Waals surface area contributed by atoms with Gasteiger partial charge in [-0.25, -0.2) is 8.42 Å². The lowest BCUT2D eigenvalue weighted by Gasteiger charge is -2.21. The Bertz CT molecular complexity index is 880. The molecule has 154 valence electrons. The summed E-state index contributed by atoms with van der Waals surface area (Å²) in [7, 11) is -0.587. The molecule has 0 aliphatic rings. The molecule has 1 amide bonds. The summed E-state index contributed by atoms with van der Waals surface area (Å²) in [6, 6.07) is 7.88. The number of nitrogens with one attached hydrogen (secondary N) is 2. The van der Waals surface area contributed by atoms with Crippen molar-refractivity contribution in [3.8, 4) is 11.5 Å². The summed E-state index contributed by atoms with van der Waals surface area (Å²) in [5.74, 6) is 0.708. The largest absolute Gasteiger partial charge is 0.493 e. The molecule has 1 atom stereocenters. The van der Waals surface area contributed by atoms with Crippen LogP contribution >= 0.6 is 11.3 Å². The Morgan fingerprint density at radius 2 is 1.86 bits per heavy atom. The molecule has 28 heavy (non-hydrogen) atoms. The van der Waals surface area contributed by atoms with Crippen molar-refractivity contribution in [1.29, 1.82) is 0 Å². The first-order chi connectivity index (χ1) is 13.3. The first kappa shape index (κ1) is 22.2. The van der Waals surface area contributed by atoms with E-state index in [0.29, 0.717) is 24.5 Å². The van der Waals surface area contributed by atoms with Gasteiger partial charge in [-0.05, 0) is 41.5 Å². The lowest BCUT2D eigenvalue weighted by Crippen LogP contribution is -2.49. The quantitative estimate of drug-likeness (QED) is 0.609. The molecule has 1 aromatic carbocycles. The van der Waals surface area contributed by atoms with Crippen LogP contribution in [0, 0.1) is 5.92 Å². The highest BCUT2D eigenvalue weighted by atomic mass is 32.2. The van der Waals surface area contributed by atoms with Gasteiger partial charge in [0.1, 0.15) is 10.3 Å². The van der Waals surface area contributed by atoms with Gasteiger partial charge in [-0.3, -0.25) is 4.79 Å². The summed E-state index contributed by atoms with van der Waals surface area (Å²) in [6.45, 7) is 3.98. The topological polar surface area (TPSA) is 93.7 Å². The van der Waals surface area contributed by atoms with Crippen LogP contribution in [0.15, 0.2) is 39.9 Å². The van der Waals surface area contributed by atoms with Gasteiger partial charge < -0.3 is 14.8 Å². The van der Waals surface area contributed by atoms with Crippen molar-refractivity contribution in [3.63, 3.8) is 0 Å². The van der Waals surface area contributed by atoms with Crippen LogP contribution in [0.4, 0.5) is 0 Å². The molecule has 0 saturated carbocycles. The number of carbonyl (C=O) groups is 1. The van der Waals surface area contributed by atoms with E-state index in [0.717, 1.165) is 16.9 Å². The highest BCUT2D eigenvalue weighted by molar-refractivity contribution is 7.91. The molecule has 0 saturated heterocycles. The van der Waals surface area contributed by atoms with Gasteiger partial charge in [0.25, 0.3) is 10.0 Å². The van der Waals surface area contributed by atoms with E-state index in [1.807, 2.05) is 18.2 Å². The molecule has 2 rings (SSSR count). The van der Waals surface area contributed by atoms with E-state index in [1.165, 1.54) is 6.07 Å². The van der Waals surface area contributed by atoms with E-state index in [1.54, 1.807) is 39.5 Å². The summed E-state index contributed by atoms with van der Waals surface area (Å²) >= 11 is 1.11. The van der Waals surface area contributed by atoms with Gasteiger partial charge in [-0.15, -0.1) is 11.3 Å². The molecule has 7 nitrogen and oxygen atoms in total. The molecular formula is C19H26N2O5S2. The first-order valence-corrected chi connectivity index (χ1v) is 11.2. The SMILES string of the molecule is COc1ccc(CCNC(=O)[C@@H](NS(=O)(=O)c2cccs2)C(C)C)cc1OC. The van der Waals surface area contributed by atoms with E-state index in [2.05, 4.69) is 10.0 Å². The van der Waals surface area contributed by atoms with Gasteiger partial charge in [-0.2, -0.15) is 4.72 Å². The van der Waals surface area contributed by atoms with E-state index < -0.39 is 16.1 Å². The minimum Gasteiger partial charge on any atom is -0.493 e. The number of carbonyl (C=O) groups excluding carboxylic acids is 1. The van der Waals surface area contributed by atoms with Crippen molar-refractivity contribution >= 4 is 27.3 Å². The van der Waals surface area contributed by atoms with Crippen molar-refractivity contribution < 1.29 is 22.7 Å². The molecule has 0 radical (unpaired) electrons. The maximum Gasteiger partial charge on any atom is 0.250 e. The number of rotatable bonds is 10. The minimum absolute atomic E-state index is 0.191. The number of sulfonamides is 1. The molecule has 0 aliphatic carbocycles. The molecule has 1 heterocycles. The van der Waals surface area contributed by atoms with E-state index >= 15 is 0 Å². The Hall–Kier alpha value is -2.10. The van der Waals surface area contributed by atoms with Crippen LogP contribution in [0.2, 0.25) is 0 Å². The summed E-state index contributed by atoms with van der Waals surface area (Å²) in [5.41, 5.74) is 0.971. The molecular weight excluding hydrogens is 400 g/mol. The molecule has 0 spiro atoms. The van der Waals surface area contributed by atoms with Crippen molar-refractivity contribution in [2.75, 3.05) is 20.8 Å². The normalized spacial score (nSPS) is 12.6. The second kappa shape index (κ2) is 9.90. The zero-order valence-corrected chi connectivity index (χ0v) is 18.0. The van der Waals surface area contributed by atoms with Gasteiger partial charge in [0.15, 0.2) is 11.5 Å². The van der Waals surface area contributed by atoms with Crippen LogP contribution in [0.25, 0.3) is 0 Å². The molecule has 0 unspecified atom stereocenters. The van der Waals surface area contributed by atoms with Gasteiger partial charge >= 0.3 is 0 Å². The van der Waals surface area contributed by atoms with Gasteiger partial charge in [0.05, 0.1) is 14.2 Å². The van der Waals surface area contributed by atoms with Crippen LogP contribution < -0.4 is 19.5 Å². The standard InChI is InChI=1S/C19H26N2O5S2/c1-13(2)18(21-28(23,24)17-6-5-11-27-17)19(22)20-10-9-14-7-8-15(25-3)16(12-14)26-4/h5-8,11-13,18,21H,9-10H2,1-4H3,(H,20,22)/t18-/m0/s1.